The van der Waals surface area contributed by atoms with E-state index in [9.17, 15) is 0 Å². The standard InChI is InChI=1S/C10H19NO/c1-4-5-9-8-10(12-3)6-7-11(9)2/h4,9-10H,1,5-8H2,2-3H3/t9-,10+/m0/s1. The van der Waals surface area contributed by atoms with Gasteiger partial charge in [0.05, 0.1) is 6.10 Å². The fourth-order valence-corrected chi connectivity index (χ4v) is 1.81. The van der Waals surface area contributed by atoms with Crippen LogP contribution in [-0.4, -0.2) is 37.7 Å². The molecular weight excluding hydrogens is 150 g/mol. The quantitative estimate of drug-likeness (QED) is 0.596. The summed E-state index contributed by atoms with van der Waals surface area (Å²) in [6.45, 7) is 4.92. The lowest BCUT2D eigenvalue weighted by molar-refractivity contribution is 0.0215. The molecule has 2 atom stereocenters. The number of rotatable bonds is 3. The molecule has 0 aromatic heterocycles. The van der Waals surface area contributed by atoms with Crippen molar-refractivity contribution >= 4 is 0 Å². The maximum atomic E-state index is 5.36. The van der Waals surface area contributed by atoms with Gasteiger partial charge in [-0.15, -0.1) is 6.58 Å². The summed E-state index contributed by atoms with van der Waals surface area (Å²) >= 11 is 0. The lowest BCUT2D eigenvalue weighted by Crippen LogP contribution is -2.42. The van der Waals surface area contributed by atoms with E-state index in [1.54, 1.807) is 7.11 Å². The molecule has 0 aromatic rings. The van der Waals surface area contributed by atoms with Crippen LogP contribution in [0.5, 0.6) is 0 Å². The van der Waals surface area contributed by atoms with Crippen LogP contribution in [0, 0.1) is 0 Å². The van der Waals surface area contributed by atoms with Crippen LogP contribution in [0.2, 0.25) is 0 Å². The molecule has 12 heavy (non-hydrogen) atoms. The topological polar surface area (TPSA) is 12.5 Å². The van der Waals surface area contributed by atoms with Gasteiger partial charge in [0.2, 0.25) is 0 Å². The largest absolute Gasteiger partial charge is 0.381 e. The predicted octanol–water partition coefficient (Wildman–Crippen LogP) is 1.67. The van der Waals surface area contributed by atoms with E-state index in [4.69, 9.17) is 4.74 Å². The van der Waals surface area contributed by atoms with Gasteiger partial charge in [0.25, 0.3) is 0 Å². The highest BCUT2D eigenvalue weighted by molar-refractivity contribution is 4.85. The first-order chi connectivity index (χ1) is 5.77. The molecule has 1 saturated heterocycles. The Balaban J connectivity index is 2.41. The zero-order valence-electron chi connectivity index (χ0n) is 8.12. The molecule has 0 aliphatic carbocycles. The Labute approximate surface area is 75.2 Å². The highest BCUT2D eigenvalue weighted by Gasteiger charge is 2.24. The first-order valence-electron chi connectivity index (χ1n) is 4.62. The summed E-state index contributed by atoms with van der Waals surface area (Å²) in [6, 6.07) is 0.640. The summed E-state index contributed by atoms with van der Waals surface area (Å²) < 4.78 is 5.36. The molecule has 70 valence electrons. The third kappa shape index (κ3) is 2.32. The molecule has 0 radical (unpaired) electrons. The lowest BCUT2D eigenvalue weighted by Gasteiger charge is -2.35. The Morgan fingerprint density at radius 1 is 1.67 bits per heavy atom. The van der Waals surface area contributed by atoms with Crippen molar-refractivity contribution < 1.29 is 4.74 Å². The Kier molecular flexibility index (Phi) is 3.76. The van der Waals surface area contributed by atoms with E-state index in [0.717, 1.165) is 19.4 Å². The summed E-state index contributed by atoms with van der Waals surface area (Å²) in [7, 11) is 3.99. The van der Waals surface area contributed by atoms with Gasteiger partial charge in [0.1, 0.15) is 0 Å². The smallest absolute Gasteiger partial charge is 0.0598 e. The highest BCUT2D eigenvalue weighted by atomic mass is 16.5. The van der Waals surface area contributed by atoms with Crippen molar-refractivity contribution in [2.45, 2.75) is 31.4 Å². The summed E-state index contributed by atoms with van der Waals surface area (Å²) in [4.78, 5) is 2.40. The highest BCUT2D eigenvalue weighted by Crippen LogP contribution is 2.20. The van der Waals surface area contributed by atoms with Crippen molar-refractivity contribution in [1.29, 1.82) is 0 Å². The first kappa shape index (κ1) is 9.75. The van der Waals surface area contributed by atoms with E-state index in [0.29, 0.717) is 12.1 Å². The number of hydrogen-bond donors (Lipinski definition) is 0. The van der Waals surface area contributed by atoms with Gasteiger partial charge in [-0.1, -0.05) is 6.08 Å². The van der Waals surface area contributed by atoms with Gasteiger partial charge in [-0.05, 0) is 26.3 Å². The second-order valence-corrected chi connectivity index (χ2v) is 3.54. The van der Waals surface area contributed by atoms with Gasteiger partial charge in [-0.2, -0.15) is 0 Å². The predicted molar refractivity (Wildman–Crippen MR) is 51.3 cm³/mol. The molecule has 1 aliphatic rings. The molecule has 0 N–H and O–H groups in total. The Morgan fingerprint density at radius 2 is 2.42 bits per heavy atom. The van der Waals surface area contributed by atoms with Crippen LogP contribution in [0.1, 0.15) is 19.3 Å². The molecule has 0 bridgehead atoms. The molecule has 0 spiro atoms. The Morgan fingerprint density at radius 3 is 3.00 bits per heavy atom. The van der Waals surface area contributed by atoms with Crippen molar-refractivity contribution in [3.8, 4) is 0 Å². The second kappa shape index (κ2) is 4.63. The van der Waals surface area contributed by atoms with E-state index in [-0.39, 0.29) is 0 Å². The molecule has 2 nitrogen and oxygen atoms in total. The molecule has 1 aliphatic heterocycles. The number of likely N-dealkylation sites (tertiary alicyclic amines) is 1. The third-order valence-electron chi connectivity index (χ3n) is 2.73. The van der Waals surface area contributed by atoms with E-state index >= 15 is 0 Å². The van der Waals surface area contributed by atoms with Crippen LogP contribution in [-0.2, 0) is 4.74 Å². The molecule has 2 heteroatoms. The Bertz CT molecular complexity index is 147. The minimum absolute atomic E-state index is 0.464. The number of methoxy groups -OCH3 is 1. The van der Waals surface area contributed by atoms with Crippen LogP contribution < -0.4 is 0 Å². The zero-order valence-corrected chi connectivity index (χ0v) is 8.12. The molecule has 0 unspecified atom stereocenters. The van der Waals surface area contributed by atoms with Gasteiger partial charge in [-0.25, -0.2) is 0 Å². The molecule has 1 rings (SSSR count). The van der Waals surface area contributed by atoms with Gasteiger partial charge in [-0.3, -0.25) is 0 Å². The SMILES string of the molecule is C=CC[C@H]1C[C@H](OC)CCN1C. The fourth-order valence-electron chi connectivity index (χ4n) is 1.81. The van der Waals surface area contributed by atoms with Crippen molar-refractivity contribution in [3.05, 3.63) is 12.7 Å². The van der Waals surface area contributed by atoms with Gasteiger partial charge in [0.15, 0.2) is 0 Å². The first-order valence-corrected chi connectivity index (χ1v) is 4.62. The molecule has 0 saturated carbocycles. The number of nitrogens with zero attached hydrogens (tertiary/aromatic N) is 1. The molecule has 1 fully saturated rings. The zero-order chi connectivity index (χ0) is 8.97. The maximum Gasteiger partial charge on any atom is 0.0598 e. The van der Waals surface area contributed by atoms with Crippen LogP contribution in [0.4, 0.5) is 0 Å². The number of ether oxygens (including phenoxy) is 1. The monoisotopic (exact) mass is 169 g/mol. The minimum Gasteiger partial charge on any atom is -0.381 e. The minimum atomic E-state index is 0.464. The van der Waals surface area contributed by atoms with Gasteiger partial charge >= 0.3 is 0 Å². The van der Waals surface area contributed by atoms with Crippen molar-refractivity contribution in [3.63, 3.8) is 0 Å². The van der Waals surface area contributed by atoms with Gasteiger partial charge < -0.3 is 9.64 Å². The van der Waals surface area contributed by atoms with Crippen LogP contribution in [0.25, 0.3) is 0 Å². The lowest BCUT2D eigenvalue weighted by atomic mass is 9.97. The molecular formula is C10H19NO. The molecule has 0 amide bonds. The van der Waals surface area contributed by atoms with Crippen molar-refractivity contribution in [2.75, 3.05) is 20.7 Å². The fraction of sp³-hybridized carbons (Fsp3) is 0.800. The average molecular weight is 169 g/mol. The normalized spacial score (nSPS) is 31.8. The summed E-state index contributed by atoms with van der Waals surface area (Å²) in [5, 5.41) is 0. The van der Waals surface area contributed by atoms with Crippen LogP contribution in [0.3, 0.4) is 0 Å². The van der Waals surface area contributed by atoms with E-state index in [1.165, 1.54) is 6.42 Å². The molecule has 1 heterocycles. The van der Waals surface area contributed by atoms with Gasteiger partial charge in [0, 0.05) is 19.7 Å². The Hall–Kier alpha value is -0.340. The molecule has 0 aromatic carbocycles. The van der Waals surface area contributed by atoms with Crippen LogP contribution >= 0.6 is 0 Å². The number of piperidine rings is 1. The number of hydrogen-bond acceptors (Lipinski definition) is 2. The maximum absolute atomic E-state index is 5.36. The van der Waals surface area contributed by atoms with E-state index < -0.39 is 0 Å². The third-order valence-corrected chi connectivity index (χ3v) is 2.73. The summed E-state index contributed by atoms with van der Waals surface area (Å²) in [6.07, 6.45) is 5.86. The van der Waals surface area contributed by atoms with Crippen LogP contribution in [0.15, 0.2) is 12.7 Å². The van der Waals surface area contributed by atoms with Crippen molar-refractivity contribution in [2.24, 2.45) is 0 Å². The van der Waals surface area contributed by atoms with Crippen molar-refractivity contribution in [1.82, 2.24) is 4.90 Å². The average Bonchev–Trinajstić information content (AvgIpc) is 2.09. The second-order valence-electron chi connectivity index (χ2n) is 3.54. The van der Waals surface area contributed by atoms with E-state index in [1.807, 2.05) is 6.08 Å². The van der Waals surface area contributed by atoms with E-state index in [2.05, 4.69) is 18.5 Å². The summed E-state index contributed by atoms with van der Waals surface area (Å²) in [5.41, 5.74) is 0. The summed E-state index contributed by atoms with van der Waals surface area (Å²) in [5.74, 6) is 0.